The van der Waals surface area contributed by atoms with Crippen LogP contribution < -0.4 is 14.5 Å². The summed E-state index contributed by atoms with van der Waals surface area (Å²) in [6.45, 7) is 0. The van der Waals surface area contributed by atoms with Crippen molar-refractivity contribution in [2.45, 2.75) is 23.1 Å². The average Bonchev–Trinajstić information content (AvgIpc) is 3.86. The van der Waals surface area contributed by atoms with Gasteiger partial charge in [0.25, 0.3) is 0 Å². The molecule has 0 saturated carbocycles. The third kappa shape index (κ3) is 4.16. The first kappa shape index (κ1) is 34.1. The first-order valence-electron chi connectivity index (χ1n) is 21.8. The molecule has 0 saturated heterocycles. The topological polar surface area (TPSA) is 33.5 Å². The number of hydrogen-bond donors (Lipinski definition) is 0. The second-order valence-corrected chi connectivity index (χ2v) is 17.3. The molecule has 1 aromatic heterocycles. The average molecular weight is 797 g/mol. The number of anilines is 4. The maximum Gasteiger partial charge on any atom is 0.217 e. The predicted molar refractivity (Wildman–Crippen MR) is 249 cm³/mol. The molecule has 294 valence electrons. The molecule has 0 bridgehead atoms. The van der Waals surface area contributed by atoms with E-state index in [1.54, 1.807) is 0 Å². The van der Waals surface area contributed by atoms with Gasteiger partial charge < -0.3 is 9.64 Å². The van der Waals surface area contributed by atoms with Crippen molar-refractivity contribution in [1.82, 2.24) is 9.55 Å². The minimum atomic E-state index is -0.748. The zero-order valence-corrected chi connectivity index (χ0v) is 33.8. The second-order valence-electron chi connectivity index (χ2n) is 17.3. The van der Waals surface area contributed by atoms with Crippen LogP contribution in [0.4, 0.5) is 23.0 Å². The third-order valence-corrected chi connectivity index (χ3v) is 14.7. The van der Waals surface area contributed by atoms with Crippen molar-refractivity contribution in [3.63, 3.8) is 0 Å². The molecule has 5 atom stereocenters. The Labute approximate surface area is 360 Å². The number of aromatic nitrogens is 2. The summed E-state index contributed by atoms with van der Waals surface area (Å²) in [6.07, 6.45) is 18.4. The number of hydrogen-bond acceptors (Lipinski definition) is 4. The molecule has 0 fully saturated rings. The van der Waals surface area contributed by atoms with Gasteiger partial charge in [-0.05, 0) is 88.5 Å². The van der Waals surface area contributed by atoms with E-state index in [9.17, 15) is 0 Å². The van der Waals surface area contributed by atoms with Crippen LogP contribution in [0.3, 0.4) is 0 Å². The van der Waals surface area contributed by atoms with Gasteiger partial charge in [-0.1, -0.05) is 158 Å². The van der Waals surface area contributed by atoms with Crippen LogP contribution in [-0.2, 0) is 11.0 Å². The first-order chi connectivity index (χ1) is 30.8. The number of imidazole rings is 1. The largest absolute Gasteiger partial charge is 0.485 e. The monoisotopic (exact) mass is 796 g/mol. The van der Waals surface area contributed by atoms with Gasteiger partial charge in [0.05, 0.1) is 22.8 Å². The maximum atomic E-state index is 6.84. The number of benzene rings is 7. The Balaban J connectivity index is 1.09. The van der Waals surface area contributed by atoms with Gasteiger partial charge in [0, 0.05) is 45.4 Å². The van der Waals surface area contributed by atoms with Crippen LogP contribution in [0.25, 0.3) is 27.8 Å². The van der Waals surface area contributed by atoms with Crippen molar-refractivity contribution in [2.75, 3.05) is 9.80 Å². The lowest BCUT2D eigenvalue weighted by Crippen LogP contribution is -2.60. The quantitative estimate of drug-likeness (QED) is 0.174. The highest BCUT2D eigenvalue weighted by atomic mass is 16.5. The van der Waals surface area contributed by atoms with Crippen LogP contribution in [0, 0.1) is 11.8 Å². The Morgan fingerprint density at radius 3 is 1.95 bits per heavy atom. The summed E-state index contributed by atoms with van der Waals surface area (Å²) < 4.78 is 9.23. The highest BCUT2D eigenvalue weighted by Crippen LogP contribution is 2.64. The van der Waals surface area contributed by atoms with Gasteiger partial charge in [0.1, 0.15) is 17.4 Å². The summed E-state index contributed by atoms with van der Waals surface area (Å²) in [6, 6.07) is 62.7. The van der Waals surface area contributed by atoms with E-state index in [0.29, 0.717) is 0 Å². The SMILES string of the molecule is C1=CC2Oc3ccccc3C3(c4ccccc4N(c4ccc5c(c4)C4(c6ccccc6-c6ccccc64)N(c4ccccc4)c4nc6ccccc6n4-5)C4C=CC=CC43)C2C=C1. The number of para-hydroxylation sites is 5. The van der Waals surface area contributed by atoms with Gasteiger partial charge in [-0.3, -0.25) is 9.47 Å². The Hall–Kier alpha value is -7.63. The molecule has 2 spiro atoms. The van der Waals surface area contributed by atoms with Crippen LogP contribution in [0.2, 0.25) is 0 Å². The normalized spacial score (nSPS) is 23.5. The summed E-state index contributed by atoms with van der Waals surface area (Å²) in [7, 11) is 0. The molecule has 0 amide bonds. The highest BCUT2D eigenvalue weighted by Gasteiger charge is 2.60. The number of ether oxygens (including phenoxy) is 1. The number of rotatable bonds is 2. The molecule has 5 unspecified atom stereocenters. The van der Waals surface area contributed by atoms with Crippen LogP contribution >= 0.6 is 0 Å². The molecule has 0 N–H and O–H groups in total. The Morgan fingerprint density at radius 2 is 1.13 bits per heavy atom. The zero-order valence-electron chi connectivity index (χ0n) is 33.8. The van der Waals surface area contributed by atoms with Crippen molar-refractivity contribution >= 4 is 34.0 Å². The van der Waals surface area contributed by atoms with Crippen LogP contribution in [0.5, 0.6) is 5.75 Å². The van der Waals surface area contributed by atoms with E-state index < -0.39 is 5.54 Å². The molecular weight excluding hydrogens is 757 g/mol. The summed E-state index contributed by atoms with van der Waals surface area (Å²) in [5, 5.41) is 0. The lowest BCUT2D eigenvalue weighted by molar-refractivity contribution is 0.0951. The van der Waals surface area contributed by atoms with E-state index in [-0.39, 0.29) is 29.4 Å². The molecule has 3 aliphatic heterocycles. The van der Waals surface area contributed by atoms with Gasteiger partial charge in [0.2, 0.25) is 5.95 Å². The van der Waals surface area contributed by atoms with Crippen molar-refractivity contribution in [3.8, 4) is 22.6 Å². The predicted octanol–water partition coefficient (Wildman–Crippen LogP) is 12.5. The smallest absolute Gasteiger partial charge is 0.217 e. The fourth-order valence-electron chi connectivity index (χ4n) is 12.5. The lowest BCUT2D eigenvalue weighted by atomic mass is 9.51. The van der Waals surface area contributed by atoms with Crippen molar-refractivity contribution in [2.24, 2.45) is 11.8 Å². The molecule has 5 heteroatoms. The van der Waals surface area contributed by atoms with Gasteiger partial charge in [-0.15, -0.1) is 0 Å². The fraction of sp³-hybridized carbons (Fsp3) is 0.105. The van der Waals surface area contributed by atoms with Crippen LogP contribution in [-0.4, -0.2) is 21.7 Å². The first-order valence-corrected chi connectivity index (χ1v) is 21.8. The molecule has 5 nitrogen and oxygen atoms in total. The minimum Gasteiger partial charge on any atom is -0.485 e. The molecule has 4 heterocycles. The van der Waals surface area contributed by atoms with Crippen LogP contribution in [0.1, 0.15) is 27.8 Å². The van der Waals surface area contributed by atoms with E-state index >= 15 is 0 Å². The van der Waals surface area contributed by atoms with Crippen LogP contribution in [0.15, 0.2) is 218 Å². The summed E-state index contributed by atoms with van der Waals surface area (Å²) in [5.41, 5.74) is 14.3. The maximum absolute atomic E-state index is 6.84. The van der Waals surface area contributed by atoms with E-state index in [4.69, 9.17) is 9.72 Å². The summed E-state index contributed by atoms with van der Waals surface area (Å²) >= 11 is 0. The second kappa shape index (κ2) is 12.5. The van der Waals surface area contributed by atoms with E-state index in [1.807, 2.05) is 0 Å². The van der Waals surface area contributed by atoms with E-state index in [1.165, 1.54) is 44.6 Å². The van der Waals surface area contributed by atoms with Crippen molar-refractivity contribution < 1.29 is 4.74 Å². The number of allylic oxidation sites excluding steroid dienone is 4. The van der Waals surface area contributed by atoms with Gasteiger partial charge >= 0.3 is 0 Å². The molecule has 14 rings (SSSR count). The molecular formula is C57H40N4O. The zero-order chi connectivity index (χ0) is 40.6. The molecule has 62 heavy (non-hydrogen) atoms. The number of fused-ring (bicyclic) bond motifs is 19. The fourth-order valence-corrected chi connectivity index (χ4v) is 12.5. The van der Waals surface area contributed by atoms with Gasteiger partial charge in [-0.2, -0.15) is 0 Å². The molecule has 6 aliphatic rings. The molecule has 3 aliphatic carbocycles. The van der Waals surface area contributed by atoms with E-state index in [0.717, 1.165) is 39.8 Å². The lowest BCUT2D eigenvalue weighted by Gasteiger charge is -2.59. The van der Waals surface area contributed by atoms with E-state index in [2.05, 4.69) is 233 Å². The minimum absolute atomic E-state index is 0.0108. The molecule has 0 radical (unpaired) electrons. The summed E-state index contributed by atoms with van der Waals surface area (Å²) in [4.78, 5) is 10.7. The Kier molecular flexibility index (Phi) is 6.86. The van der Waals surface area contributed by atoms with Gasteiger partial charge in [-0.25, -0.2) is 4.98 Å². The molecule has 8 aromatic rings. The molecule has 7 aromatic carbocycles. The van der Waals surface area contributed by atoms with Crippen molar-refractivity contribution in [1.29, 1.82) is 0 Å². The Bertz CT molecular complexity index is 3250. The van der Waals surface area contributed by atoms with Crippen molar-refractivity contribution in [3.05, 3.63) is 246 Å². The number of nitrogens with zero attached hydrogens (tertiary/aromatic N) is 4. The summed E-state index contributed by atoms with van der Waals surface area (Å²) in [5.74, 6) is 2.06. The van der Waals surface area contributed by atoms with Gasteiger partial charge in [0.15, 0.2) is 0 Å². The third-order valence-electron chi connectivity index (χ3n) is 14.7. The standard InChI is InChI=1S/C57H40N4O/c1-2-18-37(19-3-1)61-55-58-48-28-12-15-31-52(48)60(55)51-35-34-38(36-47(51)57(61)41-22-6-4-20-39(41)40-21-5-7-23-42(40)57)59-49-29-13-8-24-43(49)56(44-25-9-14-30-50(44)59)45-26-10-16-32-53(45)62-54-33-17-11-27-46(54)56/h1-36,43,45,49,53H. The highest BCUT2D eigenvalue weighted by molar-refractivity contribution is 5.94. The Morgan fingerprint density at radius 1 is 0.484 bits per heavy atom.